The number of allylic oxidation sites excluding steroid dienone is 5. The molecule has 1 heterocycles. The number of furan rings is 1. The van der Waals surface area contributed by atoms with Gasteiger partial charge in [0.1, 0.15) is 66.1 Å². The molecule has 7 aromatic carbocycles. The summed E-state index contributed by atoms with van der Waals surface area (Å²) in [5.74, 6) is 0. The summed E-state index contributed by atoms with van der Waals surface area (Å²) < 4.78 is 6.88. The van der Waals surface area contributed by atoms with Crippen LogP contribution in [-0.4, -0.2) is 54.9 Å². The van der Waals surface area contributed by atoms with E-state index >= 15 is 0 Å². The largest absolute Gasteiger partial charge is 0.455 e. The minimum atomic E-state index is 0.932. The predicted molar refractivity (Wildman–Crippen MR) is 255 cm³/mol. The lowest BCUT2D eigenvalue weighted by Gasteiger charge is -2.23. The number of benzene rings is 7. The lowest BCUT2D eigenvalue weighted by molar-refractivity contribution is 0.671. The zero-order valence-corrected chi connectivity index (χ0v) is 32.2. The van der Waals surface area contributed by atoms with Gasteiger partial charge in [-0.1, -0.05) is 166 Å². The van der Waals surface area contributed by atoms with Crippen LogP contribution in [0.2, 0.25) is 0 Å². The predicted octanol–water partition coefficient (Wildman–Crippen LogP) is 0.848. The van der Waals surface area contributed by atoms with Gasteiger partial charge in [0.05, 0.1) is 0 Å². The highest BCUT2D eigenvalue weighted by Crippen LogP contribution is 2.42. The van der Waals surface area contributed by atoms with E-state index in [0.29, 0.717) is 0 Å². The van der Waals surface area contributed by atoms with Crippen molar-refractivity contribution in [2.24, 2.45) is 0 Å². The fraction of sp³-hybridized carbons (Fsp3) is 0.0222. The van der Waals surface area contributed by atoms with E-state index < -0.39 is 0 Å². The van der Waals surface area contributed by atoms with E-state index in [9.17, 15) is 0 Å². The fourth-order valence-corrected chi connectivity index (χ4v) is 8.22. The standard InChI is InChI=1S/C45H39B7O/c1-3-5-8-23(4-2)42-31-18-38(49)40(51)20-33(31)43(34-21-41(52)39(50)19-32(34)42)35-22-36(47)30(17-37(35)48)29-12-7-11-28-27-10-6-9-26(44(27)53-45(28)29)24-13-15-25(46)16-14-24/h3-22H,1,46-52H2,2H3/b8-5-,23-4+. The summed E-state index contributed by atoms with van der Waals surface area (Å²) in [7, 11) is 15.6. The summed E-state index contributed by atoms with van der Waals surface area (Å²) >= 11 is 0. The van der Waals surface area contributed by atoms with Crippen LogP contribution >= 0.6 is 0 Å². The number of fused-ring (bicyclic) bond motifs is 5. The molecule has 0 unspecified atom stereocenters. The third kappa shape index (κ3) is 5.76. The molecule has 0 radical (unpaired) electrons. The summed E-state index contributed by atoms with van der Waals surface area (Å²) in [6.07, 6.45) is 8.32. The van der Waals surface area contributed by atoms with E-state index in [-0.39, 0.29) is 0 Å². The van der Waals surface area contributed by atoms with Gasteiger partial charge in [-0.25, -0.2) is 0 Å². The van der Waals surface area contributed by atoms with E-state index in [1.807, 2.05) is 12.2 Å². The van der Waals surface area contributed by atoms with Crippen LogP contribution in [0.4, 0.5) is 0 Å². The second-order valence-corrected chi connectivity index (χ2v) is 14.9. The highest BCUT2D eigenvalue weighted by atomic mass is 16.3. The van der Waals surface area contributed by atoms with Crippen molar-refractivity contribution in [2.75, 3.05) is 0 Å². The molecule has 0 atom stereocenters. The monoisotopic (exact) mass is 672 g/mol. The molecule has 0 aliphatic heterocycles. The molecule has 0 saturated carbocycles. The smallest absolute Gasteiger partial charge is 0.143 e. The van der Waals surface area contributed by atoms with Crippen molar-refractivity contribution in [3.63, 3.8) is 0 Å². The summed E-state index contributed by atoms with van der Waals surface area (Å²) in [6.45, 7) is 6.10. The molecule has 0 bridgehead atoms. The SMILES string of the molecule is Bc1ccc(-c2cccc3c2oc2c(-c4cc(B)c(-c5c6cc(B)c(B)cc6c(C(/C=C\C=C)=C/C)c6cc(B)c(B)cc56)cc4B)cccc23)cc1. The Balaban J connectivity index is 1.39. The lowest BCUT2D eigenvalue weighted by Crippen LogP contribution is -2.27. The van der Waals surface area contributed by atoms with Crippen LogP contribution in [0.25, 0.3) is 82.4 Å². The summed E-state index contributed by atoms with van der Waals surface area (Å²) in [5.41, 5.74) is 20.4. The zero-order chi connectivity index (χ0) is 37.1. The Kier molecular flexibility index (Phi) is 8.82. The van der Waals surface area contributed by atoms with Crippen LogP contribution in [-0.2, 0) is 0 Å². The van der Waals surface area contributed by atoms with Gasteiger partial charge in [0.25, 0.3) is 0 Å². The molecule has 8 aromatic rings. The quantitative estimate of drug-likeness (QED) is 0.145. The molecule has 0 aliphatic carbocycles. The van der Waals surface area contributed by atoms with Crippen LogP contribution < -0.4 is 38.2 Å². The first-order valence-electron chi connectivity index (χ1n) is 18.7. The minimum Gasteiger partial charge on any atom is -0.455 e. The normalized spacial score (nSPS) is 12.1. The first kappa shape index (κ1) is 34.6. The van der Waals surface area contributed by atoms with Crippen molar-refractivity contribution >= 4 is 142 Å². The van der Waals surface area contributed by atoms with E-state index in [2.05, 4.69) is 178 Å². The molecule has 8 rings (SSSR count). The molecule has 0 amide bonds. The average molecular weight is 671 g/mol. The van der Waals surface area contributed by atoms with E-state index in [1.54, 1.807) is 0 Å². The fourth-order valence-electron chi connectivity index (χ4n) is 8.22. The lowest BCUT2D eigenvalue weighted by atomic mass is 9.71. The number of hydrogen-bond donors (Lipinski definition) is 0. The maximum Gasteiger partial charge on any atom is 0.143 e. The molecular formula is C45H39B7O. The molecule has 1 nitrogen and oxygen atoms in total. The minimum absolute atomic E-state index is 0.932. The molecule has 1 aromatic heterocycles. The van der Waals surface area contributed by atoms with Gasteiger partial charge < -0.3 is 4.42 Å². The Bertz CT molecular complexity index is 2810. The Hall–Kier alpha value is -5.47. The maximum absolute atomic E-state index is 6.88. The Morgan fingerprint density at radius 3 is 1.60 bits per heavy atom. The second kappa shape index (κ2) is 13.5. The molecule has 0 N–H and O–H groups in total. The van der Waals surface area contributed by atoms with E-state index in [4.69, 9.17) is 4.42 Å². The first-order chi connectivity index (χ1) is 25.6. The van der Waals surface area contributed by atoms with Gasteiger partial charge >= 0.3 is 0 Å². The Morgan fingerprint density at radius 2 is 1.04 bits per heavy atom. The third-order valence-corrected chi connectivity index (χ3v) is 11.4. The van der Waals surface area contributed by atoms with Crippen LogP contribution in [0.3, 0.4) is 0 Å². The maximum atomic E-state index is 6.88. The number of para-hydroxylation sites is 2. The molecule has 53 heavy (non-hydrogen) atoms. The van der Waals surface area contributed by atoms with Crippen molar-refractivity contribution in [1.29, 1.82) is 0 Å². The number of rotatable bonds is 6. The number of hydrogen-bond acceptors (Lipinski definition) is 1. The molecule has 0 aliphatic rings. The second-order valence-electron chi connectivity index (χ2n) is 14.9. The van der Waals surface area contributed by atoms with E-state index in [1.165, 1.54) is 87.6 Å². The summed E-state index contributed by atoms with van der Waals surface area (Å²) in [4.78, 5) is 0. The van der Waals surface area contributed by atoms with Gasteiger partial charge in [-0.3, -0.25) is 0 Å². The molecule has 0 fully saturated rings. The molecule has 0 saturated heterocycles. The van der Waals surface area contributed by atoms with Crippen molar-refractivity contribution in [2.45, 2.75) is 6.92 Å². The molecule has 246 valence electrons. The summed E-state index contributed by atoms with van der Waals surface area (Å²) in [5, 5.41) is 7.40. The van der Waals surface area contributed by atoms with Crippen LogP contribution in [0.1, 0.15) is 12.5 Å². The first-order valence-corrected chi connectivity index (χ1v) is 18.7. The van der Waals surface area contributed by atoms with Crippen molar-refractivity contribution in [3.8, 4) is 33.4 Å². The van der Waals surface area contributed by atoms with Crippen molar-refractivity contribution in [1.82, 2.24) is 0 Å². The van der Waals surface area contributed by atoms with Gasteiger partial charge in [-0.2, -0.15) is 0 Å². The molecule has 8 heteroatoms. The van der Waals surface area contributed by atoms with Gasteiger partial charge in [0, 0.05) is 21.9 Å². The van der Waals surface area contributed by atoms with Crippen molar-refractivity contribution < 1.29 is 4.42 Å². The Labute approximate surface area is 319 Å². The summed E-state index contributed by atoms with van der Waals surface area (Å²) in [6, 6.07) is 36.2. The van der Waals surface area contributed by atoms with Crippen molar-refractivity contribution in [3.05, 3.63) is 134 Å². The van der Waals surface area contributed by atoms with Crippen LogP contribution in [0.15, 0.2) is 132 Å². The third-order valence-electron chi connectivity index (χ3n) is 11.4. The van der Waals surface area contributed by atoms with Gasteiger partial charge in [0.15, 0.2) is 0 Å². The van der Waals surface area contributed by atoms with E-state index in [0.717, 1.165) is 38.6 Å². The highest BCUT2D eigenvalue weighted by Gasteiger charge is 2.22. The highest BCUT2D eigenvalue weighted by molar-refractivity contribution is 6.52. The average Bonchev–Trinajstić information content (AvgIpc) is 3.54. The van der Waals surface area contributed by atoms with Gasteiger partial charge in [0.2, 0.25) is 0 Å². The van der Waals surface area contributed by atoms with Gasteiger partial charge in [-0.15, -0.1) is 0 Å². The zero-order valence-electron chi connectivity index (χ0n) is 32.2. The molecule has 0 spiro atoms. The Morgan fingerprint density at radius 1 is 0.528 bits per heavy atom. The van der Waals surface area contributed by atoms with Crippen LogP contribution in [0, 0.1) is 0 Å². The topological polar surface area (TPSA) is 13.1 Å². The van der Waals surface area contributed by atoms with Gasteiger partial charge in [-0.05, 0) is 61.9 Å². The molecular weight excluding hydrogens is 632 g/mol. The van der Waals surface area contributed by atoms with Crippen LogP contribution in [0.5, 0.6) is 0 Å².